The number of rotatable bonds is 22. The number of aryl methyl sites for hydroxylation is 2. The van der Waals surface area contributed by atoms with Crippen LogP contribution in [0.2, 0.25) is 0 Å². The first-order valence-corrected chi connectivity index (χ1v) is 25.4. The second-order valence-corrected chi connectivity index (χ2v) is 19.9. The van der Waals surface area contributed by atoms with E-state index in [1.165, 1.54) is 23.6 Å². The summed E-state index contributed by atoms with van der Waals surface area (Å²) in [6.07, 6.45) is 8.68. The van der Waals surface area contributed by atoms with Crippen LogP contribution in [-0.2, 0) is 27.3 Å². The highest BCUT2D eigenvalue weighted by molar-refractivity contribution is 7.98. The fourth-order valence-electron chi connectivity index (χ4n) is 8.93. The van der Waals surface area contributed by atoms with Crippen molar-refractivity contribution in [1.82, 2.24) is 25.4 Å². The Morgan fingerprint density at radius 2 is 1.70 bits per heavy atom. The molecule has 4 aromatic rings. The number of fused-ring (bicyclic) bond motifs is 1. The van der Waals surface area contributed by atoms with Crippen LogP contribution in [0.25, 0.3) is 10.4 Å². The van der Waals surface area contributed by atoms with Crippen LogP contribution in [0.15, 0.2) is 60.1 Å². The third-order valence-corrected chi connectivity index (χ3v) is 13.9. The van der Waals surface area contributed by atoms with Crippen molar-refractivity contribution < 1.29 is 33.4 Å². The van der Waals surface area contributed by atoms with Gasteiger partial charge in [-0.05, 0) is 111 Å². The van der Waals surface area contributed by atoms with Gasteiger partial charge in [-0.2, -0.15) is 11.8 Å². The molecule has 3 heterocycles. The number of carbonyl (C=O) groups is 5. The van der Waals surface area contributed by atoms with Crippen LogP contribution >= 0.6 is 23.1 Å². The van der Waals surface area contributed by atoms with Gasteiger partial charge < -0.3 is 30.3 Å². The number of unbranched alkanes of at least 4 members (excludes halogenated alkanes) is 4. The number of anilines is 1. The molecule has 6 rings (SSSR count). The lowest BCUT2D eigenvalue weighted by Gasteiger charge is -2.35. The maximum atomic E-state index is 14.2. The molecule has 5 amide bonds. The molecule has 3 atom stereocenters. The predicted octanol–water partition coefficient (Wildman–Crippen LogP) is 8.99. The number of amides is 5. The smallest absolute Gasteiger partial charge is 0.264 e. The Kier molecular flexibility index (Phi) is 17.5. The fourth-order valence-corrected chi connectivity index (χ4v) is 10.4. The molecule has 15 heteroatoms. The van der Waals surface area contributed by atoms with Gasteiger partial charge in [0.25, 0.3) is 11.8 Å². The molecule has 0 aliphatic carbocycles. The lowest BCUT2D eigenvalue weighted by atomic mass is 9.85. The summed E-state index contributed by atoms with van der Waals surface area (Å²) in [6.45, 7) is 13.5. The Balaban J connectivity index is 0.996. The highest BCUT2D eigenvalue weighted by atomic mass is 32.2. The van der Waals surface area contributed by atoms with Crippen LogP contribution in [0.1, 0.15) is 129 Å². The summed E-state index contributed by atoms with van der Waals surface area (Å²) in [5.74, 6) is 0.266. The summed E-state index contributed by atoms with van der Waals surface area (Å²) in [7, 11) is 1.57. The van der Waals surface area contributed by atoms with Crippen LogP contribution in [0.3, 0.4) is 0 Å². The van der Waals surface area contributed by atoms with Crippen LogP contribution in [0.4, 0.5) is 5.69 Å². The molecule has 354 valence electrons. The number of hydrogen-bond donors (Lipinski definition) is 3. The number of nitrogens with zero attached hydrogens (tertiary/aromatic N) is 3. The van der Waals surface area contributed by atoms with Gasteiger partial charge in [-0.15, -0.1) is 11.3 Å². The Bertz CT molecular complexity index is 2360. The second-order valence-electron chi connectivity index (χ2n) is 18.2. The molecular weight excluding hydrogens is 873 g/mol. The van der Waals surface area contributed by atoms with Crippen molar-refractivity contribution in [2.45, 2.75) is 118 Å². The minimum Gasteiger partial charge on any atom is -0.493 e. The van der Waals surface area contributed by atoms with Crippen molar-refractivity contribution in [3.63, 3.8) is 0 Å². The van der Waals surface area contributed by atoms with Gasteiger partial charge in [-0.1, -0.05) is 70.4 Å². The average Bonchev–Trinajstić information content (AvgIpc) is 4.01. The first-order chi connectivity index (χ1) is 31.7. The molecule has 3 N–H and O–H groups in total. The Morgan fingerprint density at radius 1 is 0.955 bits per heavy atom. The minimum atomic E-state index is -0.569. The van der Waals surface area contributed by atoms with Gasteiger partial charge in [-0.3, -0.25) is 28.9 Å². The van der Waals surface area contributed by atoms with Gasteiger partial charge in [0.2, 0.25) is 17.7 Å². The lowest BCUT2D eigenvalue weighted by Crippen LogP contribution is -2.56. The number of benzene rings is 3. The molecule has 2 aliphatic heterocycles. The van der Waals surface area contributed by atoms with Gasteiger partial charge in [0.1, 0.15) is 6.04 Å². The first-order valence-electron chi connectivity index (χ1n) is 23.1. The Hall–Kier alpha value is -5.25. The summed E-state index contributed by atoms with van der Waals surface area (Å²) in [4.78, 5) is 76.8. The quantitative estimate of drug-likeness (QED) is 0.0513. The van der Waals surface area contributed by atoms with E-state index in [0.29, 0.717) is 67.6 Å². The second kappa shape index (κ2) is 23.0. The molecule has 0 spiro atoms. The number of nitrogens with one attached hydrogen (secondary N) is 3. The third-order valence-electron chi connectivity index (χ3n) is 12.3. The van der Waals surface area contributed by atoms with Crippen LogP contribution < -0.4 is 25.4 Å². The largest absolute Gasteiger partial charge is 0.493 e. The molecule has 3 unspecified atom stereocenters. The van der Waals surface area contributed by atoms with Crippen LogP contribution in [-0.4, -0.2) is 95.2 Å². The molecule has 13 nitrogen and oxygen atoms in total. The molecule has 2 aliphatic rings. The molecule has 66 heavy (non-hydrogen) atoms. The standard InChI is InChI=1S/C51H66N6O7S2/c1-9-64-43-28-37(22-23-42(43)63-7)41(30-65-8)57-48(60)38-26-35(27-39(55-33(3)58)44(38)49(57)61)16-13-11-10-12-14-24-52-46(51(4,5)6)50(62)56-25-15-17-40(56)47(59)53-29-34-18-20-36(21-19-34)45-32(2)54-31-66-45/h18-23,26-28,31,40-41,46,52H,9-17,24-25,29-30H2,1-8H3,(H,53,59)(H,55,58). The first kappa shape index (κ1) is 50.2. The number of likely N-dealkylation sites (tertiary alicyclic amines) is 1. The SMILES string of the molecule is CCOc1cc(C(CSC)N2C(=O)c3cc(CCCCCCCNC(C(=O)N4CCCC4C(=O)NCc4ccc(-c5scnc5C)cc4)C(C)(C)C)cc(NC(C)=O)c3C2=O)ccc1OC. The molecule has 1 fully saturated rings. The lowest BCUT2D eigenvalue weighted by molar-refractivity contribution is -0.142. The van der Waals surface area contributed by atoms with E-state index in [1.54, 1.807) is 29.4 Å². The number of thioether (sulfide) groups is 1. The van der Waals surface area contributed by atoms with Crippen LogP contribution in [0, 0.1) is 12.3 Å². The normalized spacial score (nSPS) is 15.7. The summed E-state index contributed by atoms with van der Waals surface area (Å²) < 4.78 is 11.3. The van der Waals surface area contributed by atoms with E-state index in [2.05, 4.69) is 53.8 Å². The highest BCUT2D eigenvalue weighted by Gasteiger charge is 2.43. The number of methoxy groups -OCH3 is 1. The van der Waals surface area contributed by atoms with E-state index < -0.39 is 24.0 Å². The average molecular weight is 939 g/mol. The molecule has 0 bridgehead atoms. The number of aromatic nitrogens is 1. The predicted molar refractivity (Wildman–Crippen MR) is 263 cm³/mol. The maximum Gasteiger partial charge on any atom is 0.264 e. The van der Waals surface area contributed by atoms with E-state index in [0.717, 1.165) is 71.3 Å². The Morgan fingerprint density at radius 3 is 2.36 bits per heavy atom. The van der Waals surface area contributed by atoms with Crippen molar-refractivity contribution >= 4 is 58.3 Å². The van der Waals surface area contributed by atoms with Gasteiger partial charge in [-0.25, -0.2) is 4.98 Å². The van der Waals surface area contributed by atoms with Gasteiger partial charge in [0.05, 0.1) is 58.7 Å². The van der Waals surface area contributed by atoms with E-state index in [4.69, 9.17) is 9.47 Å². The van der Waals surface area contributed by atoms with Crippen molar-refractivity contribution in [3.8, 4) is 21.9 Å². The summed E-state index contributed by atoms with van der Waals surface area (Å²) in [5, 5.41) is 9.47. The topological polar surface area (TPSA) is 159 Å². The van der Waals surface area contributed by atoms with Crippen LogP contribution in [0.5, 0.6) is 11.5 Å². The van der Waals surface area contributed by atoms with E-state index in [1.807, 2.05) is 62.0 Å². The minimum absolute atomic E-state index is 0.0306. The number of carbonyl (C=O) groups excluding carboxylic acids is 5. The third kappa shape index (κ3) is 12.0. The zero-order chi connectivity index (χ0) is 47.5. The molecular formula is C51H66N6O7S2. The molecule has 0 saturated carbocycles. The van der Waals surface area contributed by atoms with E-state index in [-0.39, 0.29) is 34.6 Å². The van der Waals surface area contributed by atoms with Crippen molar-refractivity contribution in [3.05, 3.63) is 93.6 Å². The zero-order valence-corrected chi connectivity index (χ0v) is 41.3. The van der Waals surface area contributed by atoms with Crippen molar-refractivity contribution in [2.75, 3.05) is 44.1 Å². The van der Waals surface area contributed by atoms with E-state index >= 15 is 0 Å². The number of thiazole rings is 1. The van der Waals surface area contributed by atoms with Crippen molar-refractivity contribution in [1.29, 1.82) is 0 Å². The molecule has 0 radical (unpaired) electrons. The molecule has 1 saturated heterocycles. The number of imide groups is 1. The summed E-state index contributed by atoms with van der Waals surface area (Å²) >= 11 is 3.14. The molecule has 3 aromatic carbocycles. The monoisotopic (exact) mass is 938 g/mol. The van der Waals surface area contributed by atoms with Crippen molar-refractivity contribution in [2.24, 2.45) is 5.41 Å². The Labute approximate surface area is 398 Å². The number of ether oxygens (including phenoxy) is 2. The van der Waals surface area contributed by atoms with Gasteiger partial charge >= 0.3 is 0 Å². The highest BCUT2D eigenvalue weighted by Crippen LogP contribution is 2.40. The number of hydrogen-bond acceptors (Lipinski definition) is 11. The summed E-state index contributed by atoms with van der Waals surface area (Å²) in [5.41, 5.74) is 7.09. The van der Waals surface area contributed by atoms with E-state index in [9.17, 15) is 24.0 Å². The maximum absolute atomic E-state index is 14.2. The van der Waals surface area contributed by atoms with Gasteiger partial charge in [0, 0.05) is 25.8 Å². The zero-order valence-electron chi connectivity index (χ0n) is 39.7. The summed E-state index contributed by atoms with van der Waals surface area (Å²) in [6, 6.07) is 15.8. The molecule has 1 aromatic heterocycles. The van der Waals surface area contributed by atoms with Gasteiger partial charge in [0.15, 0.2) is 11.5 Å². The fraction of sp³-hybridized carbons (Fsp3) is 0.490.